The van der Waals surface area contributed by atoms with E-state index in [0.29, 0.717) is 19.8 Å². The highest BCUT2D eigenvalue weighted by molar-refractivity contribution is 6.01. The van der Waals surface area contributed by atoms with Crippen LogP contribution in [0, 0.1) is 5.41 Å². The van der Waals surface area contributed by atoms with Crippen molar-refractivity contribution in [1.82, 2.24) is 0 Å². The standard InChI is InChI=1S/C15H19NO2/c16-8-15(9-18-10-15)14(17)13-6-5-11-3-1-2-4-12(11)7-13/h5-7H,1-4,8-10,16H2. The Morgan fingerprint density at radius 3 is 2.56 bits per heavy atom. The molecule has 1 aromatic rings. The zero-order valence-corrected chi connectivity index (χ0v) is 10.6. The average Bonchev–Trinajstić information content (AvgIpc) is 2.37. The van der Waals surface area contributed by atoms with E-state index < -0.39 is 5.41 Å². The lowest BCUT2D eigenvalue weighted by atomic mass is 9.77. The maximum atomic E-state index is 12.5. The first-order valence-electron chi connectivity index (χ1n) is 6.70. The molecular weight excluding hydrogens is 226 g/mol. The molecule has 3 heteroatoms. The van der Waals surface area contributed by atoms with Crippen molar-refractivity contribution in [3.05, 3.63) is 34.9 Å². The number of hydrogen-bond donors (Lipinski definition) is 1. The van der Waals surface area contributed by atoms with Gasteiger partial charge in [-0.05, 0) is 42.9 Å². The molecule has 1 aliphatic carbocycles. The number of rotatable bonds is 3. The van der Waals surface area contributed by atoms with Gasteiger partial charge >= 0.3 is 0 Å². The van der Waals surface area contributed by atoms with Gasteiger partial charge in [-0.1, -0.05) is 12.1 Å². The predicted octanol–water partition coefficient (Wildman–Crippen LogP) is 1.72. The second kappa shape index (κ2) is 4.48. The van der Waals surface area contributed by atoms with Crippen LogP contribution < -0.4 is 5.73 Å². The van der Waals surface area contributed by atoms with Crippen LogP contribution in [-0.2, 0) is 17.6 Å². The predicted molar refractivity (Wildman–Crippen MR) is 69.7 cm³/mol. The van der Waals surface area contributed by atoms with Gasteiger partial charge in [0.15, 0.2) is 5.78 Å². The van der Waals surface area contributed by atoms with Crippen LogP contribution in [0.4, 0.5) is 0 Å². The molecule has 96 valence electrons. The Hall–Kier alpha value is -1.19. The number of aryl methyl sites for hydroxylation is 2. The van der Waals surface area contributed by atoms with E-state index in [-0.39, 0.29) is 5.78 Å². The minimum Gasteiger partial charge on any atom is -0.379 e. The van der Waals surface area contributed by atoms with Crippen molar-refractivity contribution in [3.63, 3.8) is 0 Å². The fraction of sp³-hybridized carbons (Fsp3) is 0.533. The van der Waals surface area contributed by atoms with E-state index in [9.17, 15) is 4.79 Å². The maximum Gasteiger partial charge on any atom is 0.174 e. The zero-order valence-electron chi connectivity index (χ0n) is 10.6. The van der Waals surface area contributed by atoms with Gasteiger partial charge in [-0.15, -0.1) is 0 Å². The number of carbonyl (C=O) groups is 1. The van der Waals surface area contributed by atoms with Gasteiger partial charge in [0.05, 0.1) is 18.6 Å². The van der Waals surface area contributed by atoms with Gasteiger partial charge in [-0.3, -0.25) is 4.79 Å². The van der Waals surface area contributed by atoms with Crippen molar-refractivity contribution in [3.8, 4) is 0 Å². The molecule has 1 saturated heterocycles. The molecule has 3 rings (SSSR count). The largest absolute Gasteiger partial charge is 0.379 e. The summed E-state index contributed by atoms with van der Waals surface area (Å²) >= 11 is 0. The van der Waals surface area contributed by atoms with Crippen molar-refractivity contribution in [2.45, 2.75) is 25.7 Å². The lowest BCUT2D eigenvalue weighted by Crippen LogP contribution is -2.54. The molecule has 1 heterocycles. The van der Waals surface area contributed by atoms with Crippen molar-refractivity contribution in [2.24, 2.45) is 11.1 Å². The second-order valence-corrected chi connectivity index (χ2v) is 5.50. The molecule has 1 fully saturated rings. The summed E-state index contributed by atoms with van der Waals surface area (Å²) in [4.78, 5) is 12.5. The first-order chi connectivity index (χ1) is 8.75. The summed E-state index contributed by atoms with van der Waals surface area (Å²) in [6.45, 7) is 1.32. The summed E-state index contributed by atoms with van der Waals surface area (Å²) in [5.41, 5.74) is 8.85. The second-order valence-electron chi connectivity index (χ2n) is 5.50. The van der Waals surface area contributed by atoms with Gasteiger partial charge < -0.3 is 10.5 Å². The first kappa shape index (κ1) is 11.9. The number of nitrogens with two attached hydrogens (primary N) is 1. The van der Waals surface area contributed by atoms with Crippen LogP contribution in [0.2, 0.25) is 0 Å². The van der Waals surface area contributed by atoms with Crippen molar-refractivity contribution >= 4 is 5.78 Å². The Morgan fingerprint density at radius 1 is 1.22 bits per heavy atom. The molecule has 0 amide bonds. The van der Waals surface area contributed by atoms with E-state index >= 15 is 0 Å². The van der Waals surface area contributed by atoms with Crippen molar-refractivity contribution in [1.29, 1.82) is 0 Å². The van der Waals surface area contributed by atoms with Gasteiger partial charge in [0, 0.05) is 12.1 Å². The average molecular weight is 245 g/mol. The number of ether oxygens (including phenoxy) is 1. The highest BCUT2D eigenvalue weighted by atomic mass is 16.5. The summed E-state index contributed by atoms with van der Waals surface area (Å²) < 4.78 is 5.18. The summed E-state index contributed by atoms with van der Waals surface area (Å²) in [6, 6.07) is 6.15. The number of Topliss-reactive ketones (excluding diaryl/α,β-unsaturated/α-hetero) is 1. The van der Waals surface area contributed by atoms with Gasteiger partial charge in [-0.2, -0.15) is 0 Å². The third-order valence-electron chi connectivity index (χ3n) is 4.24. The number of carbonyl (C=O) groups excluding carboxylic acids is 1. The summed E-state index contributed by atoms with van der Waals surface area (Å²) in [7, 11) is 0. The Balaban J connectivity index is 1.90. The quantitative estimate of drug-likeness (QED) is 0.825. The molecule has 0 radical (unpaired) electrons. The molecule has 1 aliphatic heterocycles. The number of hydrogen-bond acceptors (Lipinski definition) is 3. The molecule has 0 aromatic heterocycles. The Kier molecular flexibility index (Phi) is 2.96. The number of benzene rings is 1. The van der Waals surface area contributed by atoms with Crippen molar-refractivity contribution in [2.75, 3.05) is 19.8 Å². The third kappa shape index (κ3) is 1.78. The number of fused-ring (bicyclic) bond motifs is 1. The van der Waals surface area contributed by atoms with Crippen molar-refractivity contribution < 1.29 is 9.53 Å². The van der Waals surface area contributed by atoms with Crippen LogP contribution in [0.15, 0.2) is 18.2 Å². The Bertz CT molecular complexity index is 472. The van der Waals surface area contributed by atoms with E-state index in [2.05, 4.69) is 12.1 Å². The summed E-state index contributed by atoms with van der Waals surface area (Å²) in [6.07, 6.45) is 4.74. The van der Waals surface area contributed by atoms with Crippen LogP contribution in [0.25, 0.3) is 0 Å². The maximum absolute atomic E-state index is 12.5. The number of ketones is 1. The Labute approximate surface area is 107 Å². The van der Waals surface area contributed by atoms with Crippen LogP contribution in [0.5, 0.6) is 0 Å². The minimum atomic E-state index is -0.455. The monoisotopic (exact) mass is 245 g/mol. The fourth-order valence-corrected chi connectivity index (χ4v) is 2.87. The molecule has 1 aromatic carbocycles. The van der Waals surface area contributed by atoms with Gasteiger partial charge in [-0.25, -0.2) is 0 Å². The molecule has 0 atom stereocenters. The van der Waals surface area contributed by atoms with Crippen LogP contribution in [0.3, 0.4) is 0 Å². The molecule has 0 saturated carbocycles. The molecule has 2 N–H and O–H groups in total. The molecule has 3 nitrogen and oxygen atoms in total. The van der Waals surface area contributed by atoms with Crippen LogP contribution in [0.1, 0.15) is 34.3 Å². The molecule has 2 aliphatic rings. The minimum absolute atomic E-state index is 0.157. The van der Waals surface area contributed by atoms with E-state index in [1.165, 1.54) is 24.0 Å². The van der Waals surface area contributed by atoms with E-state index in [0.717, 1.165) is 18.4 Å². The van der Waals surface area contributed by atoms with Gasteiger partial charge in [0.25, 0.3) is 0 Å². The normalized spacial score (nSPS) is 20.9. The fourth-order valence-electron chi connectivity index (χ4n) is 2.87. The van der Waals surface area contributed by atoms with Crippen LogP contribution in [-0.4, -0.2) is 25.5 Å². The highest BCUT2D eigenvalue weighted by Crippen LogP contribution is 2.32. The van der Waals surface area contributed by atoms with Crippen LogP contribution >= 0.6 is 0 Å². The lowest BCUT2D eigenvalue weighted by molar-refractivity contribution is -0.0816. The topological polar surface area (TPSA) is 52.3 Å². The smallest absolute Gasteiger partial charge is 0.174 e. The molecule has 0 bridgehead atoms. The highest BCUT2D eigenvalue weighted by Gasteiger charge is 2.44. The third-order valence-corrected chi connectivity index (χ3v) is 4.24. The first-order valence-corrected chi connectivity index (χ1v) is 6.70. The lowest BCUT2D eigenvalue weighted by Gasteiger charge is -2.39. The van der Waals surface area contributed by atoms with E-state index in [1.807, 2.05) is 6.07 Å². The molecule has 18 heavy (non-hydrogen) atoms. The zero-order chi connectivity index (χ0) is 12.6. The van der Waals surface area contributed by atoms with Gasteiger partial charge in [0.1, 0.15) is 0 Å². The van der Waals surface area contributed by atoms with E-state index in [4.69, 9.17) is 10.5 Å². The SMILES string of the molecule is NCC1(C(=O)c2ccc3c(c2)CCCC3)COC1. The van der Waals surface area contributed by atoms with Gasteiger partial charge in [0.2, 0.25) is 0 Å². The molecule has 0 spiro atoms. The molecular formula is C15H19NO2. The molecule has 0 unspecified atom stereocenters. The summed E-state index contributed by atoms with van der Waals surface area (Å²) in [5, 5.41) is 0. The summed E-state index contributed by atoms with van der Waals surface area (Å²) in [5.74, 6) is 0.157. The Morgan fingerprint density at radius 2 is 1.94 bits per heavy atom. The van der Waals surface area contributed by atoms with E-state index in [1.54, 1.807) is 0 Å².